The van der Waals surface area contributed by atoms with E-state index in [4.69, 9.17) is 23.2 Å². The Kier molecular flexibility index (Phi) is 7.43. The van der Waals surface area contributed by atoms with Crippen molar-refractivity contribution in [3.63, 3.8) is 0 Å². The van der Waals surface area contributed by atoms with Crippen LogP contribution in [-0.2, 0) is 12.3 Å². The number of thioether (sulfide) groups is 1. The Balaban J connectivity index is 1.41. The zero-order valence-corrected chi connectivity index (χ0v) is 17.8. The summed E-state index contributed by atoms with van der Waals surface area (Å²) in [5.41, 5.74) is 2.84. The molecular weight excluding hydrogens is 413 g/mol. The van der Waals surface area contributed by atoms with Crippen LogP contribution in [0, 0.1) is 6.92 Å². The first-order valence-corrected chi connectivity index (χ1v) is 10.8. The summed E-state index contributed by atoms with van der Waals surface area (Å²) in [4.78, 5) is 16.5. The summed E-state index contributed by atoms with van der Waals surface area (Å²) in [5.74, 6) is 2.51. The number of aromatic nitrogens is 2. The van der Waals surface area contributed by atoms with Gasteiger partial charge in [0, 0.05) is 52.6 Å². The fourth-order valence-corrected chi connectivity index (χ4v) is 4.11. The standard InChI is InChI=1S/C21H21Cl2N3OS/c1-15-24-8-10-26(15)13-16-2-4-17(5-3-16)21(27)25-9-11-28-14-18-6-7-19(22)12-20(18)23/h2-8,10,12H,9,11,13-14H2,1H3,(H,25,27). The number of aryl methyl sites for hydroxylation is 1. The highest BCUT2D eigenvalue weighted by molar-refractivity contribution is 7.98. The van der Waals surface area contributed by atoms with Crippen molar-refractivity contribution in [3.8, 4) is 0 Å². The normalized spacial score (nSPS) is 10.8. The third-order valence-electron chi connectivity index (χ3n) is 4.30. The maximum absolute atomic E-state index is 12.3. The number of halogens is 2. The third-order valence-corrected chi connectivity index (χ3v) is 5.89. The summed E-state index contributed by atoms with van der Waals surface area (Å²) in [6.45, 7) is 3.32. The Bertz CT molecular complexity index is 941. The second-order valence-electron chi connectivity index (χ2n) is 6.34. The molecule has 0 aliphatic rings. The second-order valence-corrected chi connectivity index (χ2v) is 8.29. The lowest BCUT2D eigenvalue weighted by Gasteiger charge is -2.08. The molecule has 4 nitrogen and oxygen atoms in total. The van der Waals surface area contributed by atoms with Crippen LogP contribution in [0.25, 0.3) is 0 Å². The van der Waals surface area contributed by atoms with Gasteiger partial charge in [0.15, 0.2) is 0 Å². The number of hydrogen-bond acceptors (Lipinski definition) is 3. The molecule has 0 unspecified atom stereocenters. The summed E-state index contributed by atoms with van der Waals surface area (Å²) >= 11 is 13.8. The number of imidazole rings is 1. The molecule has 1 heterocycles. The lowest BCUT2D eigenvalue weighted by atomic mass is 10.1. The number of benzene rings is 2. The second kappa shape index (κ2) is 10.0. The van der Waals surface area contributed by atoms with Crippen molar-refractivity contribution in [2.24, 2.45) is 0 Å². The van der Waals surface area contributed by atoms with E-state index in [1.807, 2.05) is 49.5 Å². The first-order valence-electron chi connectivity index (χ1n) is 8.89. The summed E-state index contributed by atoms with van der Waals surface area (Å²) in [7, 11) is 0. The average molecular weight is 434 g/mol. The van der Waals surface area contributed by atoms with Crippen LogP contribution in [-0.4, -0.2) is 27.8 Å². The minimum absolute atomic E-state index is 0.0597. The Morgan fingerprint density at radius 2 is 1.96 bits per heavy atom. The van der Waals surface area contributed by atoms with Crippen LogP contribution in [0.3, 0.4) is 0 Å². The molecule has 0 aliphatic heterocycles. The van der Waals surface area contributed by atoms with Crippen molar-refractivity contribution in [2.75, 3.05) is 12.3 Å². The van der Waals surface area contributed by atoms with Gasteiger partial charge in [-0.1, -0.05) is 41.4 Å². The van der Waals surface area contributed by atoms with Gasteiger partial charge in [-0.05, 0) is 42.3 Å². The highest BCUT2D eigenvalue weighted by Gasteiger charge is 2.06. The minimum Gasteiger partial charge on any atom is -0.351 e. The molecule has 0 saturated carbocycles. The van der Waals surface area contributed by atoms with Gasteiger partial charge in [0.2, 0.25) is 0 Å². The Hall–Kier alpha value is -1.95. The molecule has 1 aromatic heterocycles. The predicted molar refractivity (Wildman–Crippen MR) is 117 cm³/mol. The van der Waals surface area contributed by atoms with Crippen LogP contribution in [0.2, 0.25) is 10.0 Å². The van der Waals surface area contributed by atoms with Gasteiger partial charge in [-0.15, -0.1) is 0 Å². The van der Waals surface area contributed by atoms with E-state index in [1.165, 1.54) is 0 Å². The van der Waals surface area contributed by atoms with Crippen LogP contribution in [0.5, 0.6) is 0 Å². The SMILES string of the molecule is Cc1nccn1Cc1ccc(C(=O)NCCSCc2ccc(Cl)cc2Cl)cc1. The molecular formula is C21H21Cl2N3OS. The van der Waals surface area contributed by atoms with Gasteiger partial charge in [0.25, 0.3) is 5.91 Å². The van der Waals surface area contributed by atoms with E-state index in [0.29, 0.717) is 22.2 Å². The topological polar surface area (TPSA) is 46.9 Å². The molecule has 0 radical (unpaired) electrons. The lowest BCUT2D eigenvalue weighted by molar-refractivity contribution is 0.0956. The Labute approximate surface area is 179 Å². The molecule has 2 aromatic carbocycles. The van der Waals surface area contributed by atoms with E-state index >= 15 is 0 Å². The van der Waals surface area contributed by atoms with E-state index in [-0.39, 0.29) is 5.91 Å². The minimum atomic E-state index is -0.0597. The molecule has 0 spiro atoms. The van der Waals surface area contributed by atoms with Crippen molar-refractivity contribution in [1.29, 1.82) is 0 Å². The molecule has 0 aliphatic carbocycles. The maximum atomic E-state index is 12.3. The van der Waals surface area contributed by atoms with E-state index in [2.05, 4.69) is 14.9 Å². The summed E-state index contributed by atoms with van der Waals surface area (Å²) in [5, 5.41) is 4.27. The zero-order chi connectivity index (χ0) is 19.9. The number of carbonyl (C=O) groups is 1. The van der Waals surface area contributed by atoms with E-state index in [1.54, 1.807) is 24.0 Å². The molecule has 3 aromatic rings. The molecule has 7 heteroatoms. The van der Waals surface area contributed by atoms with Crippen molar-refractivity contribution in [3.05, 3.63) is 87.4 Å². The molecule has 28 heavy (non-hydrogen) atoms. The highest BCUT2D eigenvalue weighted by Crippen LogP contribution is 2.24. The highest BCUT2D eigenvalue weighted by atomic mass is 35.5. The molecule has 146 valence electrons. The van der Waals surface area contributed by atoms with Gasteiger partial charge < -0.3 is 9.88 Å². The number of nitrogens with one attached hydrogen (secondary N) is 1. The maximum Gasteiger partial charge on any atom is 0.251 e. The first kappa shape index (κ1) is 20.8. The van der Waals surface area contributed by atoms with Crippen LogP contribution in [0.1, 0.15) is 27.3 Å². The molecule has 0 bridgehead atoms. The van der Waals surface area contributed by atoms with Gasteiger partial charge >= 0.3 is 0 Å². The van der Waals surface area contributed by atoms with Gasteiger partial charge in [0.05, 0.1) is 0 Å². The van der Waals surface area contributed by atoms with Gasteiger partial charge in [-0.2, -0.15) is 11.8 Å². The van der Waals surface area contributed by atoms with E-state index < -0.39 is 0 Å². The van der Waals surface area contributed by atoms with Crippen LogP contribution in [0.4, 0.5) is 0 Å². The number of amides is 1. The lowest BCUT2D eigenvalue weighted by Crippen LogP contribution is -2.25. The monoisotopic (exact) mass is 433 g/mol. The predicted octanol–water partition coefficient (Wildman–Crippen LogP) is 5.21. The molecule has 3 rings (SSSR count). The van der Waals surface area contributed by atoms with E-state index in [0.717, 1.165) is 35.0 Å². The largest absolute Gasteiger partial charge is 0.351 e. The summed E-state index contributed by atoms with van der Waals surface area (Å²) < 4.78 is 2.07. The van der Waals surface area contributed by atoms with Gasteiger partial charge in [-0.3, -0.25) is 4.79 Å². The van der Waals surface area contributed by atoms with Crippen molar-refractivity contribution < 1.29 is 4.79 Å². The molecule has 1 N–H and O–H groups in total. The molecule has 1 amide bonds. The van der Waals surface area contributed by atoms with Crippen LogP contribution < -0.4 is 5.32 Å². The zero-order valence-electron chi connectivity index (χ0n) is 15.5. The smallest absolute Gasteiger partial charge is 0.251 e. The molecule has 0 saturated heterocycles. The van der Waals surface area contributed by atoms with Gasteiger partial charge in [0.1, 0.15) is 5.82 Å². The van der Waals surface area contributed by atoms with Crippen LogP contribution >= 0.6 is 35.0 Å². The van der Waals surface area contributed by atoms with Crippen molar-refractivity contribution >= 4 is 40.9 Å². The first-order chi connectivity index (χ1) is 13.5. The number of carbonyl (C=O) groups excluding carboxylic acids is 1. The fraction of sp³-hybridized carbons (Fsp3) is 0.238. The van der Waals surface area contributed by atoms with Crippen LogP contribution in [0.15, 0.2) is 54.9 Å². The quantitative estimate of drug-likeness (QED) is 0.495. The van der Waals surface area contributed by atoms with E-state index in [9.17, 15) is 4.79 Å². The summed E-state index contributed by atoms with van der Waals surface area (Å²) in [6, 6.07) is 13.2. The third kappa shape index (κ3) is 5.77. The van der Waals surface area contributed by atoms with Crippen molar-refractivity contribution in [1.82, 2.24) is 14.9 Å². The number of rotatable bonds is 8. The Morgan fingerprint density at radius 1 is 1.18 bits per heavy atom. The Morgan fingerprint density at radius 3 is 2.64 bits per heavy atom. The fourth-order valence-electron chi connectivity index (χ4n) is 2.69. The molecule has 0 fully saturated rings. The number of nitrogens with zero attached hydrogens (tertiary/aromatic N) is 2. The average Bonchev–Trinajstić information content (AvgIpc) is 3.08. The van der Waals surface area contributed by atoms with Crippen molar-refractivity contribution in [2.45, 2.75) is 19.2 Å². The summed E-state index contributed by atoms with van der Waals surface area (Å²) in [6.07, 6.45) is 3.74. The number of hydrogen-bond donors (Lipinski definition) is 1. The van der Waals surface area contributed by atoms with Gasteiger partial charge in [-0.25, -0.2) is 4.98 Å². The molecule has 0 atom stereocenters.